The summed E-state index contributed by atoms with van der Waals surface area (Å²) in [5.41, 5.74) is 0.0165. The number of hydrogen-bond donors (Lipinski definition) is 3. The topological polar surface area (TPSA) is 140 Å². The first-order valence-electron chi connectivity index (χ1n) is 17.3. The second-order valence-electron chi connectivity index (χ2n) is 15.2. The average molecular weight is 717 g/mol. The van der Waals surface area contributed by atoms with Crippen LogP contribution in [0.1, 0.15) is 75.0 Å². The maximum atomic E-state index is 13.8. The van der Waals surface area contributed by atoms with Crippen LogP contribution in [0.15, 0.2) is 36.4 Å². The molecule has 13 heteroatoms. The van der Waals surface area contributed by atoms with Crippen molar-refractivity contribution in [1.82, 2.24) is 13.9 Å². The van der Waals surface area contributed by atoms with Crippen LogP contribution in [0.25, 0.3) is 0 Å². The highest BCUT2D eigenvalue weighted by atomic mass is 35.5. The first-order chi connectivity index (χ1) is 23.1. The number of amides is 2. The van der Waals surface area contributed by atoms with Gasteiger partial charge in [-0.15, -0.1) is 0 Å². The van der Waals surface area contributed by atoms with Gasteiger partial charge in [-0.3, -0.25) is 9.59 Å². The molecule has 268 valence electrons. The SMILES string of the molecule is CN1CCCC[C@H](O)[C@@H]2CCC2(C)CN2C[C@@]3(CCCc4cc(Cl)ccc43)COc3ccc(cc32)C(O)(C(=O)NS(=O)(=O)N(C)C)CC1=O. The fourth-order valence-corrected chi connectivity index (χ4v) is 9.21. The highest BCUT2D eigenvalue weighted by Crippen LogP contribution is 2.52. The van der Waals surface area contributed by atoms with Crippen molar-refractivity contribution >= 4 is 39.3 Å². The van der Waals surface area contributed by atoms with E-state index in [0.717, 1.165) is 36.4 Å². The average Bonchev–Trinajstić information content (AvgIpc) is 3.18. The number of aliphatic hydroxyl groups is 2. The predicted octanol–water partition coefficient (Wildman–Crippen LogP) is 3.73. The van der Waals surface area contributed by atoms with Gasteiger partial charge in [0, 0.05) is 51.2 Å². The quantitative estimate of drug-likeness (QED) is 0.437. The van der Waals surface area contributed by atoms with Gasteiger partial charge in [0.25, 0.3) is 5.91 Å². The van der Waals surface area contributed by atoms with Crippen molar-refractivity contribution in [2.75, 3.05) is 52.3 Å². The summed E-state index contributed by atoms with van der Waals surface area (Å²) in [4.78, 5) is 31.1. The molecule has 1 saturated carbocycles. The Balaban J connectivity index is 1.49. The lowest BCUT2D eigenvalue weighted by atomic mass is 9.58. The van der Waals surface area contributed by atoms with Gasteiger partial charge >= 0.3 is 10.2 Å². The molecule has 2 aromatic carbocycles. The predicted molar refractivity (Wildman–Crippen MR) is 188 cm³/mol. The van der Waals surface area contributed by atoms with Crippen molar-refractivity contribution in [3.05, 3.63) is 58.1 Å². The summed E-state index contributed by atoms with van der Waals surface area (Å²) in [5, 5.41) is 24.3. The Morgan fingerprint density at radius 2 is 1.86 bits per heavy atom. The molecular formula is C36H49ClN4O7S. The summed E-state index contributed by atoms with van der Waals surface area (Å²) < 4.78 is 35.0. The van der Waals surface area contributed by atoms with E-state index in [2.05, 4.69) is 17.9 Å². The van der Waals surface area contributed by atoms with Crippen molar-refractivity contribution < 1.29 is 33.0 Å². The van der Waals surface area contributed by atoms with E-state index in [1.807, 2.05) is 16.9 Å². The van der Waals surface area contributed by atoms with E-state index < -0.39 is 40.1 Å². The van der Waals surface area contributed by atoms with Gasteiger partial charge in [0.1, 0.15) is 5.75 Å². The number of anilines is 1. The lowest BCUT2D eigenvalue weighted by molar-refractivity contribution is -0.148. The minimum absolute atomic E-state index is 0.0854. The molecule has 2 aromatic rings. The third-order valence-electron chi connectivity index (χ3n) is 11.6. The lowest BCUT2D eigenvalue weighted by Gasteiger charge is -2.53. The van der Waals surface area contributed by atoms with E-state index in [4.69, 9.17) is 16.3 Å². The van der Waals surface area contributed by atoms with Gasteiger partial charge in [0.05, 0.1) is 24.8 Å². The van der Waals surface area contributed by atoms with Crippen LogP contribution in [0, 0.1) is 11.3 Å². The third-order valence-corrected chi connectivity index (χ3v) is 13.2. The number of nitrogens with one attached hydrogen (secondary N) is 1. The van der Waals surface area contributed by atoms with Crippen molar-refractivity contribution in [2.45, 2.75) is 81.8 Å². The van der Waals surface area contributed by atoms with Crippen LogP contribution in [-0.2, 0) is 37.2 Å². The third kappa shape index (κ3) is 6.79. The molecule has 0 saturated heterocycles. The Kier molecular flexibility index (Phi) is 9.77. The van der Waals surface area contributed by atoms with Crippen molar-refractivity contribution in [3.8, 4) is 5.75 Å². The zero-order valence-electron chi connectivity index (χ0n) is 28.9. The Hall–Kier alpha value is -2.90. The van der Waals surface area contributed by atoms with Crippen molar-refractivity contribution in [1.29, 1.82) is 0 Å². The molecule has 2 aliphatic heterocycles. The molecule has 49 heavy (non-hydrogen) atoms. The molecule has 0 radical (unpaired) electrons. The maximum absolute atomic E-state index is 13.8. The zero-order valence-corrected chi connectivity index (χ0v) is 30.4. The molecule has 1 spiro atoms. The van der Waals surface area contributed by atoms with E-state index in [-0.39, 0.29) is 22.3 Å². The lowest BCUT2D eigenvalue weighted by Crippen LogP contribution is -2.54. The molecule has 2 bridgehead atoms. The molecule has 2 unspecified atom stereocenters. The molecule has 4 aliphatic rings. The number of carbonyl (C=O) groups excluding carboxylic acids is 2. The number of ether oxygens (including phenoxy) is 1. The van der Waals surface area contributed by atoms with Crippen LogP contribution in [-0.4, -0.2) is 93.1 Å². The zero-order chi connectivity index (χ0) is 35.4. The number of rotatable bonds is 3. The monoisotopic (exact) mass is 716 g/mol. The standard InChI is InChI=1S/C36H49ClN4O7S/c1-34-16-14-28(34)30(42)9-5-6-17-40(4)32(43)20-36(45,33(44)38-49(46,47)39(2)3)25-10-13-31-29(19-25)41(21-34)22-35(23-48-31)15-7-8-24-18-26(37)11-12-27(24)35/h10-13,18-19,28,30,42,45H,5-9,14-17,20-23H2,1-4H3,(H,38,44)/t28-,30-,34?,35-,36?/m0/s1. The molecular weight excluding hydrogens is 668 g/mol. The Morgan fingerprint density at radius 3 is 2.57 bits per heavy atom. The van der Waals surface area contributed by atoms with Crippen molar-refractivity contribution in [3.63, 3.8) is 0 Å². The summed E-state index contributed by atoms with van der Waals surface area (Å²) in [6.07, 6.45) is 5.43. The Bertz CT molecular complexity index is 1720. The number of aryl methyl sites for hydroxylation is 1. The summed E-state index contributed by atoms with van der Waals surface area (Å²) in [6, 6.07) is 11.0. The van der Waals surface area contributed by atoms with E-state index in [1.54, 1.807) is 25.2 Å². The van der Waals surface area contributed by atoms with Crippen molar-refractivity contribution in [2.24, 2.45) is 11.3 Å². The number of hydrogen-bond acceptors (Lipinski definition) is 8. The molecule has 11 nitrogen and oxygen atoms in total. The first-order valence-corrected chi connectivity index (χ1v) is 19.1. The number of nitrogens with zero attached hydrogens (tertiary/aromatic N) is 3. The fraction of sp³-hybridized carbons (Fsp3) is 0.611. The van der Waals surface area contributed by atoms with Crippen LogP contribution in [0.5, 0.6) is 5.75 Å². The smallest absolute Gasteiger partial charge is 0.303 e. The van der Waals surface area contributed by atoms with Crippen LogP contribution >= 0.6 is 11.6 Å². The second kappa shape index (κ2) is 13.3. The largest absolute Gasteiger partial charge is 0.490 e. The molecule has 1 fully saturated rings. The summed E-state index contributed by atoms with van der Waals surface area (Å²) in [7, 11) is -0.145. The van der Waals surface area contributed by atoms with Gasteiger partial charge in [-0.2, -0.15) is 12.7 Å². The molecule has 2 heterocycles. The van der Waals surface area contributed by atoms with Crippen LogP contribution in [0.3, 0.4) is 0 Å². The van der Waals surface area contributed by atoms with Crippen LogP contribution < -0.4 is 14.4 Å². The normalized spacial score (nSPS) is 30.9. The number of benzene rings is 2. The van der Waals surface area contributed by atoms with Gasteiger partial charge in [-0.1, -0.05) is 30.7 Å². The number of halogens is 1. The number of fused-ring (bicyclic) bond motifs is 4. The van der Waals surface area contributed by atoms with Gasteiger partial charge in [0.15, 0.2) is 5.60 Å². The highest BCUT2D eigenvalue weighted by Gasteiger charge is 2.50. The molecule has 6 rings (SSSR count). The first kappa shape index (κ1) is 35.9. The second-order valence-corrected chi connectivity index (χ2v) is 17.5. The van der Waals surface area contributed by atoms with E-state index >= 15 is 0 Å². The van der Waals surface area contributed by atoms with Crippen LogP contribution in [0.4, 0.5) is 5.69 Å². The van der Waals surface area contributed by atoms with E-state index in [1.165, 1.54) is 30.1 Å². The van der Waals surface area contributed by atoms with Gasteiger partial charge < -0.3 is 24.7 Å². The molecule has 5 atom stereocenters. The fourth-order valence-electron chi connectivity index (χ4n) is 8.43. The number of aliphatic hydroxyl groups excluding tert-OH is 1. The summed E-state index contributed by atoms with van der Waals surface area (Å²) in [5.74, 6) is -1.08. The maximum Gasteiger partial charge on any atom is 0.303 e. The Labute approximate surface area is 294 Å². The van der Waals surface area contributed by atoms with Gasteiger partial charge in [-0.05, 0) is 104 Å². The van der Waals surface area contributed by atoms with E-state index in [0.29, 0.717) is 62.0 Å². The highest BCUT2D eigenvalue weighted by molar-refractivity contribution is 7.87. The molecule has 3 N–H and O–H groups in total. The minimum Gasteiger partial charge on any atom is -0.490 e. The molecule has 2 amide bonds. The van der Waals surface area contributed by atoms with Crippen LogP contribution in [0.2, 0.25) is 5.02 Å². The minimum atomic E-state index is -4.29. The Morgan fingerprint density at radius 1 is 1.08 bits per heavy atom. The van der Waals surface area contributed by atoms with Gasteiger partial charge in [-0.25, -0.2) is 4.72 Å². The van der Waals surface area contributed by atoms with Gasteiger partial charge in [0.2, 0.25) is 5.91 Å². The molecule has 0 aromatic heterocycles. The molecule has 2 aliphatic carbocycles. The number of carbonyl (C=O) groups is 2. The summed E-state index contributed by atoms with van der Waals surface area (Å²) in [6.45, 7) is 4.18. The summed E-state index contributed by atoms with van der Waals surface area (Å²) >= 11 is 6.44. The van der Waals surface area contributed by atoms with E-state index in [9.17, 15) is 28.2 Å².